The number of benzene rings is 1. The molecule has 0 amide bonds. The number of halogens is 1. The van der Waals surface area contributed by atoms with Crippen LogP contribution in [0, 0.1) is 11.7 Å². The number of hydrogen-bond donors (Lipinski definition) is 0. The largest absolute Gasteiger partial charge is 0.494 e. The predicted molar refractivity (Wildman–Crippen MR) is 79.0 cm³/mol. The van der Waals surface area contributed by atoms with Crippen LogP contribution in [0.5, 0.6) is 5.75 Å². The van der Waals surface area contributed by atoms with Crippen molar-refractivity contribution in [2.45, 2.75) is 12.6 Å². The van der Waals surface area contributed by atoms with E-state index in [9.17, 15) is 4.39 Å². The lowest BCUT2D eigenvalue weighted by Gasteiger charge is -2.29. The second kappa shape index (κ2) is 6.30. The first-order valence-corrected chi connectivity index (χ1v) is 7.48. The van der Waals surface area contributed by atoms with E-state index < -0.39 is 0 Å². The zero-order chi connectivity index (χ0) is 14.8. The lowest BCUT2D eigenvalue weighted by atomic mass is 10.1. The summed E-state index contributed by atoms with van der Waals surface area (Å²) in [5, 5.41) is 0. The van der Waals surface area contributed by atoms with E-state index in [0.29, 0.717) is 17.7 Å². The quantitative estimate of drug-likeness (QED) is 0.845. The summed E-state index contributed by atoms with van der Waals surface area (Å²) in [4.78, 5) is 4.81. The van der Waals surface area contributed by atoms with Gasteiger partial charge in [-0.3, -0.25) is 9.80 Å². The molecule has 2 aliphatic heterocycles. The summed E-state index contributed by atoms with van der Waals surface area (Å²) >= 11 is 0. The van der Waals surface area contributed by atoms with Gasteiger partial charge in [-0.1, -0.05) is 6.07 Å². The third-order valence-electron chi connectivity index (χ3n) is 4.44. The highest BCUT2D eigenvalue weighted by Crippen LogP contribution is 2.22. The Labute approximate surface area is 125 Å². The average Bonchev–Trinajstić information content (AvgIpc) is 2.68. The number of rotatable bonds is 3. The van der Waals surface area contributed by atoms with E-state index in [4.69, 9.17) is 9.47 Å². The zero-order valence-corrected chi connectivity index (χ0v) is 12.7. The molecule has 0 aliphatic carbocycles. The number of ether oxygens (including phenoxy) is 2. The van der Waals surface area contributed by atoms with Crippen molar-refractivity contribution in [1.29, 1.82) is 0 Å². The van der Waals surface area contributed by atoms with Crippen LogP contribution in [0.25, 0.3) is 0 Å². The van der Waals surface area contributed by atoms with Gasteiger partial charge in [0.1, 0.15) is 0 Å². The molecule has 2 atom stereocenters. The van der Waals surface area contributed by atoms with E-state index in [-0.39, 0.29) is 5.82 Å². The topological polar surface area (TPSA) is 24.9 Å². The molecular formula is C16H23FN2O2. The third-order valence-corrected chi connectivity index (χ3v) is 4.44. The minimum atomic E-state index is -0.287. The van der Waals surface area contributed by atoms with Crippen LogP contribution in [0.15, 0.2) is 18.2 Å². The Morgan fingerprint density at radius 2 is 2.14 bits per heavy atom. The van der Waals surface area contributed by atoms with Gasteiger partial charge in [0.2, 0.25) is 0 Å². The summed E-state index contributed by atoms with van der Waals surface area (Å²) in [5.74, 6) is 0.552. The molecule has 0 radical (unpaired) electrons. The molecule has 0 aromatic heterocycles. The van der Waals surface area contributed by atoms with Gasteiger partial charge >= 0.3 is 0 Å². The van der Waals surface area contributed by atoms with E-state index in [1.165, 1.54) is 7.11 Å². The Bertz CT molecular complexity index is 497. The summed E-state index contributed by atoms with van der Waals surface area (Å²) in [7, 11) is 3.66. The molecule has 21 heavy (non-hydrogen) atoms. The molecule has 2 bridgehead atoms. The normalized spacial score (nSPS) is 27.4. The van der Waals surface area contributed by atoms with Gasteiger partial charge in [0.15, 0.2) is 11.6 Å². The molecular weight excluding hydrogens is 271 g/mol. The second-order valence-corrected chi connectivity index (χ2v) is 6.16. The van der Waals surface area contributed by atoms with Gasteiger partial charge in [-0.15, -0.1) is 0 Å². The Balaban J connectivity index is 1.71. The van der Waals surface area contributed by atoms with Crippen molar-refractivity contribution in [3.05, 3.63) is 29.6 Å². The molecule has 0 unspecified atom stereocenters. The predicted octanol–water partition coefficient (Wildman–Crippen LogP) is 1.60. The summed E-state index contributed by atoms with van der Waals surface area (Å²) in [6, 6.07) is 5.67. The van der Waals surface area contributed by atoms with E-state index in [1.807, 2.05) is 6.07 Å². The monoisotopic (exact) mass is 294 g/mol. The number of likely N-dealkylation sites (N-methyl/N-ethyl adjacent to an activating group) is 1. The first-order chi connectivity index (χ1) is 10.2. The summed E-state index contributed by atoms with van der Waals surface area (Å²) in [5.41, 5.74) is 0.997. The van der Waals surface area contributed by atoms with Crippen LogP contribution in [0.3, 0.4) is 0 Å². The van der Waals surface area contributed by atoms with Gasteiger partial charge in [0.05, 0.1) is 20.3 Å². The molecule has 5 heteroatoms. The van der Waals surface area contributed by atoms with Crippen molar-refractivity contribution < 1.29 is 13.9 Å². The molecule has 0 spiro atoms. The summed E-state index contributed by atoms with van der Waals surface area (Å²) < 4.78 is 24.5. The highest BCUT2D eigenvalue weighted by atomic mass is 19.1. The van der Waals surface area contributed by atoms with E-state index in [1.54, 1.807) is 12.1 Å². The van der Waals surface area contributed by atoms with E-state index >= 15 is 0 Å². The molecule has 0 N–H and O–H groups in total. The van der Waals surface area contributed by atoms with Crippen molar-refractivity contribution in [3.63, 3.8) is 0 Å². The Morgan fingerprint density at radius 1 is 1.29 bits per heavy atom. The lowest BCUT2D eigenvalue weighted by Crippen LogP contribution is -2.41. The summed E-state index contributed by atoms with van der Waals surface area (Å²) in [6.45, 7) is 5.46. The molecule has 1 aromatic rings. The molecule has 2 saturated heterocycles. The first-order valence-electron chi connectivity index (χ1n) is 7.48. The van der Waals surface area contributed by atoms with Crippen LogP contribution in [0.1, 0.15) is 5.56 Å². The molecule has 4 nitrogen and oxygen atoms in total. The maximum absolute atomic E-state index is 13.8. The van der Waals surface area contributed by atoms with Crippen molar-refractivity contribution >= 4 is 0 Å². The molecule has 2 fully saturated rings. The fourth-order valence-electron chi connectivity index (χ4n) is 3.34. The minimum Gasteiger partial charge on any atom is -0.494 e. The van der Waals surface area contributed by atoms with Crippen LogP contribution in [0.2, 0.25) is 0 Å². The minimum absolute atomic E-state index is 0.287. The molecule has 1 aromatic carbocycles. The maximum Gasteiger partial charge on any atom is 0.165 e. The average molecular weight is 294 g/mol. The van der Waals surface area contributed by atoms with Crippen LogP contribution >= 0.6 is 0 Å². The van der Waals surface area contributed by atoms with Gasteiger partial charge in [-0.2, -0.15) is 0 Å². The fraction of sp³-hybridized carbons (Fsp3) is 0.625. The number of methoxy groups -OCH3 is 1. The maximum atomic E-state index is 13.8. The van der Waals surface area contributed by atoms with Gasteiger partial charge in [0, 0.05) is 38.1 Å². The van der Waals surface area contributed by atoms with Crippen LogP contribution in [-0.2, 0) is 11.3 Å². The van der Waals surface area contributed by atoms with Crippen molar-refractivity contribution in [3.8, 4) is 5.75 Å². The molecule has 116 valence electrons. The van der Waals surface area contributed by atoms with Gasteiger partial charge < -0.3 is 9.47 Å². The van der Waals surface area contributed by atoms with Crippen LogP contribution < -0.4 is 4.74 Å². The van der Waals surface area contributed by atoms with Crippen molar-refractivity contribution in [1.82, 2.24) is 9.80 Å². The Kier molecular flexibility index (Phi) is 4.42. The van der Waals surface area contributed by atoms with E-state index in [0.717, 1.165) is 45.0 Å². The molecule has 2 aliphatic rings. The highest BCUT2D eigenvalue weighted by molar-refractivity contribution is 5.29. The zero-order valence-electron chi connectivity index (χ0n) is 12.7. The Morgan fingerprint density at radius 3 is 2.90 bits per heavy atom. The second-order valence-electron chi connectivity index (χ2n) is 6.16. The SMILES string of the molecule is COc1ccc(CN2C[C@@H]3COC[C@H](C2)N(C)C3)cc1F. The number of nitrogens with zero attached hydrogens (tertiary/aromatic N) is 2. The third kappa shape index (κ3) is 3.36. The fourth-order valence-corrected chi connectivity index (χ4v) is 3.34. The number of hydrogen-bond acceptors (Lipinski definition) is 4. The van der Waals surface area contributed by atoms with Gasteiger partial charge in [-0.05, 0) is 24.7 Å². The smallest absolute Gasteiger partial charge is 0.165 e. The van der Waals surface area contributed by atoms with Crippen molar-refractivity contribution in [2.75, 3.05) is 47.0 Å². The first kappa shape index (κ1) is 14.8. The van der Waals surface area contributed by atoms with E-state index in [2.05, 4.69) is 16.8 Å². The molecule has 3 rings (SSSR count). The van der Waals surface area contributed by atoms with Gasteiger partial charge in [-0.25, -0.2) is 4.39 Å². The standard InChI is InChI=1S/C16H23FN2O2/c1-18-6-13-8-19(9-14(18)11-21-10-13)7-12-3-4-16(20-2)15(17)5-12/h3-5,13-14H,6-11H2,1-2H3/t13-,14+/m1/s1. The Hall–Kier alpha value is -1.17. The van der Waals surface area contributed by atoms with Crippen LogP contribution in [0.4, 0.5) is 4.39 Å². The highest BCUT2D eigenvalue weighted by Gasteiger charge is 2.31. The molecule has 0 saturated carbocycles. The lowest BCUT2D eigenvalue weighted by molar-refractivity contribution is 0.0516. The van der Waals surface area contributed by atoms with Crippen molar-refractivity contribution in [2.24, 2.45) is 5.92 Å². The van der Waals surface area contributed by atoms with Crippen LogP contribution in [-0.4, -0.2) is 62.8 Å². The summed E-state index contributed by atoms with van der Waals surface area (Å²) in [6.07, 6.45) is 0. The molecule has 2 heterocycles. The van der Waals surface area contributed by atoms with Gasteiger partial charge in [0.25, 0.3) is 0 Å². The number of fused-ring (bicyclic) bond motifs is 3.